The summed E-state index contributed by atoms with van der Waals surface area (Å²) < 4.78 is 2.46. The van der Waals surface area contributed by atoms with E-state index in [9.17, 15) is 0 Å². The largest absolute Gasteiger partial charge is 0.334 e. The van der Waals surface area contributed by atoms with Crippen LogP contribution in [0.4, 0.5) is 11.4 Å². The molecule has 1 aliphatic carbocycles. The van der Waals surface area contributed by atoms with E-state index in [-0.39, 0.29) is 6.04 Å². The molecular weight excluding hydrogens is 821 g/mol. The van der Waals surface area contributed by atoms with Crippen LogP contribution in [-0.4, -0.2) is 10.6 Å². The lowest BCUT2D eigenvalue weighted by Gasteiger charge is -2.33. The first kappa shape index (κ1) is 39.6. The second kappa shape index (κ2) is 16.6. The normalized spacial score (nSPS) is 13.3. The van der Waals surface area contributed by atoms with Gasteiger partial charge in [0, 0.05) is 33.2 Å². The van der Waals surface area contributed by atoms with Gasteiger partial charge in [0.2, 0.25) is 0 Å². The third kappa shape index (κ3) is 6.89. The summed E-state index contributed by atoms with van der Waals surface area (Å²) in [5.74, 6) is 0. The van der Waals surface area contributed by atoms with Crippen LogP contribution in [0.1, 0.15) is 6.42 Å². The second-order valence-electron chi connectivity index (χ2n) is 18.0. The molecule has 1 unspecified atom stereocenters. The zero-order valence-electron chi connectivity index (χ0n) is 37.5. The first-order valence-electron chi connectivity index (χ1n) is 23.7. The molecular formula is C66H46N2. The van der Waals surface area contributed by atoms with Gasteiger partial charge in [0.1, 0.15) is 0 Å². The lowest BCUT2D eigenvalue weighted by Crippen LogP contribution is -2.38. The van der Waals surface area contributed by atoms with Crippen LogP contribution in [0.15, 0.2) is 249 Å². The van der Waals surface area contributed by atoms with Crippen LogP contribution in [0.2, 0.25) is 0 Å². The molecule has 0 N–H and O–H groups in total. The van der Waals surface area contributed by atoms with E-state index in [1.165, 1.54) is 98.3 Å². The quantitative estimate of drug-likeness (QED) is 0.148. The van der Waals surface area contributed by atoms with Crippen LogP contribution in [0.5, 0.6) is 0 Å². The van der Waals surface area contributed by atoms with E-state index in [1.807, 2.05) is 0 Å². The summed E-state index contributed by atoms with van der Waals surface area (Å²) in [6.45, 7) is 0. The highest BCUT2D eigenvalue weighted by Crippen LogP contribution is 2.44. The minimum Gasteiger partial charge on any atom is -0.334 e. The van der Waals surface area contributed by atoms with Crippen molar-refractivity contribution in [2.45, 2.75) is 12.5 Å². The first-order chi connectivity index (χ1) is 33.7. The van der Waals surface area contributed by atoms with Gasteiger partial charge in [-0.05, 0) is 144 Å². The topological polar surface area (TPSA) is 8.17 Å². The molecule has 0 aliphatic heterocycles. The summed E-state index contributed by atoms with van der Waals surface area (Å²) in [7, 11) is 0. The maximum atomic E-state index is 2.56. The molecule has 68 heavy (non-hydrogen) atoms. The number of fused-ring (bicyclic) bond motifs is 8. The number of anilines is 2. The van der Waals surface area contributed by atoms with Gasteiger partial charge in [0.25, 0.3) is 0 Å². The van der Waals surface area contributed by atoms with Gasteiger partial charge in [-0.2, -0.15) is 0 Å². The van der Waals surface area contributed by atoms with Crippen molar-refractivity contribution >= 4 is 66.9 Å². The van der Waals surface area contributed by atoms with Gasteiger partial charge >= 0.3 is 0 Å². The predicted octanol–water partition coefficient (Wildman–Crippen LogP) is 15.9. The maximum Gasteiger partial charge on any atom is 0.0625 e. The van der Waals surface area contributed by atoms with Gasteiger partial charge in [0.05, 0.1) is 17.1 Å². The van der Waals surface area contributed by atoms with Gasteiger partial charge in [0.15, 0.2) is 0 Å². The summed E-state index contributed by atoms with van der Waals surface area (Å²) >= 11 is 0. The zero-order valence-corrected chi connectivity index (χ0v) is 37.5. The molecule has 1 aliphatic rings. The number of rotatable bonds is 8. The van der Waals surface area contributed by atoms with E-state index in [0.717, 1.165) is 23.5 Å². The van der Waals surface area contributed by atoms with E-state index in [0.29, 0.717) is 0 Å². The van der Waals surface area contributed by atoms with Crippen molar-refractivity contribution in [2.24, 2.45) is 0 Å². The fraction of sp³-hybridized carbons (Fsp3) is 0.0303. The van der Waals surface area contributed by atoms with Crippen LogP contribution >= 0.6 is 0 Å². The minimum atomic E-state index is 0.0764. The van der Waals surface area contributed by atoms with Gasteiger partial charge in [-0.1, -0.05) is 194 Å². The fourth-order valence-corrected chi connectivity index (χ4v) is 10.8. The highest BCUT2D eigenvalue weighted by atomic mass is 15.2. The maximum absolute atomic E-state index is 2.56. The highest BCUT2D eigenvalue weighted by molar-refractivity contribution is 6.24. The molecule has 0 amide bonds. The Morgan fingerprint density at radius 2 is 0.956 bits per heavy atom. The molecule has 0 bridgehead atoms. The van der Waals surface area contributed by atoms with Crippen molar-refractivity contribution in [3.8, 4) is 50.2 Å². The molecule has 1 aromatic heterocycles. The van der Waals surface area contributed by atoms with E-state index in [4.69, 9.17) is 0 Å². The molecule has 0 saturated heterocycles. The number of nitrogens with zero attached hydrogens (tertiary/aromatic N) is 2. The molecule has 11 aromatic carbocycles. The number of hydrogen-bond acceptors (Lipinski definition) is 1. The van der Waals surface area contributed by atoms with Crippen LogP contribution in [-0.2, 0) is 0 Å². The Hall–Kier alpha value is -8.72. The van der Waals surface area contributed by atoms with Crippen molar-refractivity contribution in [1.82, 2.24) is 4.57 Å². The van der Waals surface area contributed by atoms with E-state index in [1.54, 1.807) is 0 Å². The predicted molar refractivity (Wildman–Crippen MR) is 289 cm³/mol. The van der Waals surface area contributed by atoms with Crippen molar-refractivity contribution in [2.75, 3.05) is 4.90 Å². The third-order valence-corrected chi connectivity index (χ3v) is 14.0. The molecule has 0 saturated carbocycles. The van der Waals surface area contributed by atoms with Gasteiger partial charge in [-0.15, -0.1) is 0 Å². The van der Waals surface area contributed by atoms with Crippen LogP contribution in [0, 0.1) is 0 Å². The Morgan fingerprint density at radius 3 is 1.66 bits per heavy atom. The van der Waals surface area contributed by atoms with E-state index >= 15 is 0 Å². The summed E-state index contributed by atoms with van der Waals surface area (Å²) in [5.41, 5.74) is 15.5. The van der Waals surface area contributed by atoms with Gasteiger partial charge in [-0.3, -0.25) is 0 Å². The second-order valence-corrected chi connectivity index (χ2v) is 18.0. The van der Waals surface area contributed by atoms with E-state index in [2.05, 4.69) is 270 Å². The number of para-hydroxylation sites is 2. The molecule has 13 rings (SSSR count). The molecule has 320 valence electrons. The average molecular weight is 867 g/mol. The standard InChI is InChI=1S/C66H46N2/c1-4-17-45(18-5-1)52-39-53(46-19-6-2-7-20-46)41-54(40-52)47-33-35-56(36-34-47)67(58-37-38-60-51(43-58)32-31-48-21-10-12-27-59(48)60)57-26-16-23-49(42-57)63-44-50-22-11-13-28-61(50)66-65(63)62-29-14-15-30-64(62)68(66)55-24-8-3-9-25-55/h1-36,38-44,58H,37H2. The van der Waals surface area contributed by atoms with Crippen molar-refractivity contribution in [3.05, 3.63) is 259 Å². The Bertz CT molecular complexity index is 3920. The Labute approximate surface area is 396 Å². The zero-order chi connectivity index (χ0) is 45.0. The minimum absolute atomic E-state index is 0.0764. The van der Waals surface area contributed by atoms with Crippen LogP contribution in [0.3, 0.4) is 0 Å². The number of benzene rings is 11. The summed E-state index contributed by atoms with van der Waals surface area (Å²) in [5, 5.41) is 10.2. The Morgan fingerprint density at radius 1 is 0.382 bits per heavy atom. The van der Waals surface area contributed by atoms with Crippen molar-refractivity contribution in [3.63, 3.8) is 0 Å². The molecule has 12 aromatic rings. The summed E-state index contributed by atoms with van der Waals surface area (Å²) in [6.07, 6.45) is 5.82. The third-order valence-electron chi connectivity index (χ3n) is 14.0. The van der Waals surface area contributed by atoms with Crippen molar-refractivity contribution in [1.29, 1.82) is 0 Å². The number of aromatic nitrogens is 1. The molecule has 1 heterocycles. The molecule has 0 fully saturated rings. The van der Waals surface area contributed by atoms with Crippen LogP contribution < -0.4 is 15.3 Å². The fourth-order valence-electron chi connectivity index (χ4n) is 10.8. The molecule has 2 heteroatoms. The molecule has 0 spiro atoms. The van der Waals surface area contributed by atoms with Crippen LogP contribution in [0.25, 0.3) is 106 Å². The highest BCUT2D eigenvalue weighted by Gasteiger charge is 2.24. The average Bonchev–Trinajstić information content (AvgIpc) is 3.77. The number of hydrogen-bond donors (Lipinski definition) is 0. The van der Waals surface area contributed by atoms with Crippen molar-refractivity contribution < 1.29 is 0 Å². The summed E-state index contributed by atoms with van der Waals surface area (Å²) in [4.78, 5) is 2.56. The molecule has 2 nitrogen and oxygen atoms in total. The van der Waals surface area contributed by atoms with Gasteiger partial charge in [-0.25, -0.2) is 0 Å². The first-order valence-corrected chi connectivity index (χ1v) is 23.7. The smallest absolute Gasteiger partial charge is 0.0625 e. The SMILES string of the molecule is C1=c2ccc3ccccc3c2=CCC1N(c1ccc(-c2cc(-c3ccccc3)cc(-c3ccccc3)c2)cc1)c1cccc(-c2cc3ccccc3c3c2c2ccccc2n3-c2ccccc2)c1. The Balaban J connectivity index is 0.986. The molecule has 0 radical (unpaired) electrons. The monoisotopic (exact) mass is 866 g/mol. The lowest BCUT2D eigenvalue weighted by molar-refractivity contribution is 0.838. The molecule has 1 atom stereocenters. The van der Waals surface area contributed by atoms with Gasteiger partial charge < -0.3 is 9.47 Å². The Kier molecular flexibility index (Phi) is 9.68. The van der Waals surface area contributed by atoms with E-state index < -0.39 is 0 Å². The lowest BCUT2D eigenvalue weighted by atomic mass is 9.93. The summed E-state index contributed by atoms with van der Waals surface area (Å²) in [6, 6.07) is 91.3.